The molecule has 24 heavy (non-hydrogen) atoms. The fourth-order valence-corrected chi connectivity index (χ4v) is 3.67. The van der Waals surface area contributed by atoms with Gasteiger partial charge in [-0.1, -0.05) is 23.1 Å². The van der Waals surface area contributed by atoms with Crippen LogP contribution in [0, 0.1) is 0 Å². The molecule has 1 unspecified atom stereocenters. The first-order chi connectivity index (χ1) is 11.7. The van der Waals surface area contributed by atoms with Crippen LogP contribution in [0.15, 0.2) is 27.2 Å². The van der Waals surface area contributed by atoms with Crippen molar-refractivity contribution in [1.29, 1.82) is 0 Å². The van der Waals surface area contributed by atoms with Crippen molar-refractivity contribution in [2.24, 2.45) is 0 Å². The van der Waals surface area contributed by atoms with Crippen molar-refractivity contribution in [1.82, 2.24) is 15.5 Å². The van der Waals surface area contributed by atoms with Crippen molar-refractivity contribution < 1.29 is 18.7 Å². The standard InChI is InChI=1S/C14H16N4O4S2/c19-11(15-7-9-3-1-5-21-9)8-23-14-18-17-13(24-14)16-12(20)10-4-2-6-22-10/h2,4,6,9H,1,3,5,7-8H2,(H,15,19)(H,16,17,20). The van der Waals surface area contributed by atoms with Crippen molar-refractivity contribution in [3.8, 4) is 0 Å². The van der Waals surface area contributed by atoms with Crippen LogP contribution >= 0.6 is 23.1 Å². The summed E-state index contributed by atoms with van der Waals surface area (Å²) in [5.74, 6) is -0.0187. The summed E-state index contributed by atoms with van der Waals surface area (Å²) in [5.41, 5.74) is 0. The monoisotopic (exact) mass is 368 g/mol. The normalized spacial score (nSPS) is 16.9. The average molecular weight is 368 g/mol. The van der Waals surface area contributed by atoms with Gasteiger partial charge in [0.05, 0.1) is 18.1 Å². The number of nitrogens with zero attached hydrogens (tertiary/aromatic N) is 2. The second-order valence-electron chi connectivity index (χ2n) is 5.03. The minimum Gasteiger partial charge on any atom is -0.459 e. The molecule has 0 aromatic carbocycles. The molecular weight excluding hydrogens is 352 g/mol. The van der Waals surface area contributed by atoms with E-state index in [9.17, 15) is 9.59 Å². The highest BCUT2D eigenvalue weighted by Gasteiger charge is 2.17. The first kappa shape index (κ1) is 16.9. The molecule has 0 radical (unpaired) electrons. The van der Waals surface area contributed by atoms with Crippen molar-refractivity contribution in [2.45, 2.75) is 23.3 Å². The third-order valence-corrected chi connectivity index (χ3v) is 5.22. The molecule has 1 aliphatic rings. The first-order valence-electron chi connectivity index (χ1n) is 7.40. The molecule has 1 atom stereocenters. The second-order valence-corrected chi connectivity index (χ2v) is 7.23. The van der Waals surface area contributed by atoms with Gasteiger partial charge in [0.25, 0.3) is 5.91 Å². The maximum atomic E-state index is 11.8. The van der Waals surface area contributed by atoms with Crippen LogP contribution in [0.1, 0.15) is 23.4 Å². The maximum absolute atomic E-state index is 11.8. The first-order valence-corrected chi connectivity index (χ1v) is 9.20. The Balaban J connectivity index is 1.40. The molecule has 1 fully saturated rings. The second kappa shape index (κ2) is 8.27. The zero-order valence-electron chi connectivity index (χ0n) is 12.7. The van der Waals surface area contributed by atoms with Crippen LogP contribution in [-0.4, -0.2) is 47.0 Å². The lowest BCUT2D eigenvalue weighted by atomic mass is 10.2. The number of nitrogens with one attached hydrogen (secondary N) is 2. The smallest absolute Gasteiger partial charge is 0.293 e. The molecule has 1 aliphatic heterocycles. The molecule has 2 N–H and O–H groups in total. The molecule has 0 saturated carbocycles. The summed E-state index contributed by atoms with van der Waals surface area (Å²) in [6, 6.07) is 3.19. The summed E-state index contributed by atoms with van der Waals surface area (Å²) in [7, 11) is 0. The quantitative estimate of drug-likeness (QED) is 0.566. The lowest BCUT2D eigenvalue weighted by Crippen LogP contribution is -2.32. The van der Waals surface area contributed by atoms with E-state index in [1.165, 1.54) is 29.4 Å². The Morgan fingerprint density at radius 3 is 3.08 bits per heavy atom. The molecule has 2 aromatic rings. The summed E-state index contributed by atoms with van der Waals surface area (Å²) in [4.78, 5) is 23.6. The zero-order chi connectivity index (χ0) is 16.8. The Morgan fingerprint density at radius 1 is 1.42 bits per heavy atom. The number of hydrogen-bond donors (Lipinski definition) is 2. The van der Waals surface area contributed by atoms with E-state index in [0.29, 0.717) is 16.0 Å². The van der Waals surface area contributed by atoms with Gasteiger partial charge in [-0.3, -0.25) is 14.9 Å². The van der Waals surface area contributed by atoms with Gasteiger partial charge in [0.1, 0.15) is 0 Å². The van der Waals surface area contributed by atoms with E-state index in [-0.39, 0.29) is 29.4 Å². The summed E-state index contributed by atoms with van der Waals surface area (Å²) in [6.07, 6.45) is 3.59. The molecule has 2 amide bonds. The third-order valence-electron chi connectivity index (χ3n) is 3.25. The summed E-state index contributed by atoms with van der Waals surface area (Å²) in [6.45, 7) is 1.31. The SMILES string of the molecule is O=C(CSc1nnc(NC(=O)c2ccco2)s1)NCC1CCCO1. The molecular formula is C14H16N4O4S2. The Kier molecular flexibility index (Phi) is 5.83. The van der Waals surface area contributed by atoms with Gasteiger partial charge in [0.15, 0.2) is 10.1 Å². The predicted octanol–water partition coefficient (Wildman–Crippen LogP) is 1.77. The van der Waals surface area contributed by atoms with E-state index in [1.807, 2.05) is 0 Å². The Bertz CT molecular complexity index is 683. The van der Waals surface area contributed by atoms with Crippen LogP contribution in [0.25, 0.3) is 0 Å². The van der Waals surface area contributed by atoms with Gasteiger partial charge in [0, 0.05) is 13.2 Å². The van der Waals surface area contributed by atoms with Crippen molar-refractivity contribution in [2.75, 3.05) is 24.2 Å². The molecule has 128 valence electrons. The van der Waals surface area contributed by atoms with E-state index in [2.05, 4.69) is 20.8 Å². The van der Waals surface area contributed by atoms with Crippen molar-refractivity contribution in [3.63, 3.8) is 0 Å². The highest BCUT2D eigenvalue weighted by molar-refractivity contribution is 8.01. The molecule has 2 aromatic heterocycles. The Morgan fingerprint density at radius 2 is 2.33 bits per heavy atom. The van der Waals surface area contributed by atoms with Crippen LogP contribution < -0.4 is 10.6 Å². The van der Waals surface area contributed by atoms with Gasteiger partial charge < -0.3 is 14.5 Å². The van der Waals surface area contributed by atoms with Gasteiger partial charge in [-0.15, -0.1) is 10.2 Å². The molecule has 3 heterocycles. The number of thioether (sulfide) groups is 1. The van der Waals surface area contributed by atoms with Crippen LogP contribution in [-0.2, 0) is 9.53 Å². The van der Waals surface area contributed by atoms with E-state index in [4.69, 9.17) is 9.15 Å². The van der Waals surface area contributed by atoms with Gasteiger partial charge in [0.2, 0.25) is 11.0 Å². The van der Waals surface area contributed by atoms with Crippen LogP contribution in [0.3, 0.4) is 0 Å². The Labute approximate surface area is 146 Å². The molecule has 10 heteroatoms. The number of furan rings is 1. The molecule has 1 saturated heterocycles. The van der Waals surface area contributed by atoms with Crippen molar-refractivity contribution >= 4 is 40.0 Å². The lowest BCUT2D eigenvalue weighted by molar-refractivity contribution is -0.119. The lowest BCUT2D eigenvalue weighted by Gasteiger charge is -2.09. The van der Waals surface area contributed by atoms with Gasteiger partial charge in [-0.25, -0.2) is 0 Å². The van der Waals surface area contributed by atoms with Gasteiger partial charge >= 0.3 is 0 Å². The topological polar surface area (TPSA) is 106 Å². The highest BCUT2D eigenvalue weighted by Crippen LogP contribution is 2.25. The van der Waals surface area contributed by atoms with E-state index in [1.54, 1.807) is 12.1 Å². The van der Waals surface area contributed by atoms with Crippen LogP contribution in [0.2, 0.25) is 0 Å². The fourth-order valence-electron chi connectivity index (χ4n) is 2.10. The number of carbonyl (C=O) groups excluding carboxylic acids is 2. The van der Waals surface area contributed by atoms with E-state index in [0.717, 1.165) is 19.4 Å². The number of aromatic nitrogens is 2. The largest absolute Gasteiger partial charge is 0.459 e. The van der Waals surface area contributed by atoms with E-state index >= 15 is 0 Å². The number of carbonyl (C=O) groups is 2. The summed E-state index contributed by atoms with van der Waals surface area (Å²) >= 11 is 2.48. The molecule has 0 spiro atoms. The number of ether oxygens (including phenoxy) is 1. The summed E-state index contributed by atoms with van der Waals surface area (Å²) in [5, 5.41) is 13.6. The molecule has 0 aliphatic carbocycles. The third kappa shape index (κ3) is 4.79. The van der Waals surface area contributed by atoms with E-state index < -0.39 is 0 Å². The minimum absolute atomic E-state index is 0.0770. The van der Waals surface area contributed by atoms with Crippen molar-refractivity contribution in [3.05, 3.63) is 24.2 Å². The molecule has 0 bridgehead atoms. The highest BCUT2D eigenvalue weighted by atomic mass is 32.2. The Hall–Kier alpha value is -1.91. The minimum atomic E-state index is -0.387. The van der Waals surface area contributed by atoms with Gasteiger partial charge in [-0.2, -0.15) is 0 Å². The predicted molar refractivity (Wildman–Crippen MR) is 89.3 cm³/mol. The number of hydrogen-bond acceptors (Lipinski definition) is 8. The number of rotatable bonds is 7. The summed E-state index contributed by atoms with van der Waals surface area (Å²) < 4.78 is 11.1. The van der Waals surface area contributed by atoms with Crippen LogP contribution in [0.5, 0.6) is 0 Å². The van der Waals surface area contributed by atoms with Crippen LogP contribution in [0.4, 0.5) is 5.13 Å². The molecule has 3 rings (SSSR count). The van der Waals surface area contributed by atoms with Gasteiger partial charge in [-0.05, 0) is 25.0 Å². The molecule has 8 nitrogen and oxygen atoms in total. The fraction of sp³-hybridized carbons (Fsp3) is 0.429. The number of anilines is 1. The maximum Gasteiger partial charge on any atom is 0.293 e. The zero-order valence-corrected chi connectivity index (χ0v) is 14.3. The number of amides is 2. The average Bonchev–Trinajstić information content (AvgIpc) is 3.32.